The molecule has 1 aliphatic rings. The lowest BCUT2D eigenvalue weighted by molar-refractivity contribution is 0.133. The van der Waals surface area contributed by atoms with E-state index in [0.717, 1.165) is 31.0 Å². The summed E-state index contributed by atoms with van der Waals surface area (Å²) in [4.78, 5) is 4.42. The van der Waals surface area contributed by atoms with Gasteiger partial charge in [0.05, 0.1) is 31.0 Å². The van der Waals surface area contributed by atoms with Crippen molar-refractivity contribution >= 4 is 12.4 Å². The largest absolute Gasteiger partial charge is 0.469 e. The van der Waals surface area contributed by atoms with E-state index in [0.29, 0.717) is 18.3 Å². The van der Waals surface area contributed by atoms with Gasteiger partial charge in [0.1, 0.15) is 5.76 Å². The third-order valence-corrected chi connectivity index (χ3v) is 3.02. The number of aryl methyl sites for hydroxylation is 1. The lowest BCUT2D eigenvalue weighted by Gasteiger charge is -2.07. The van der Waals surface area contributed by atoms with E-state index < -0.39 is 0 Å². The van der Waals surface area contributed by atoms with E-state index in [4.69, 9.17) is 13.7 Å². The van der Waals surface area contributed by atoms with Gasteiger partial charge >= 0.3 is 0 Å². The Bertz CT molecular complexity index is 518. The van der Waals surface area contributed by atoms with Crippen LogP contribution in [0.15, 0.2) is 21.3 Å². The molecule has 0 aliphatic carbocycles. The Balaban J connectivity index is 0.00000133. The molecule has 19 heavy (non-hydrogen) atoms. The van der Waals surface area contributed by atoms with Crippen LogP contribution in [0.25, 0.3) is 11.4 Å². The predicted molar refractivity (Wildman–Crippen MR) is 70.4 cm³/mol. The Hall–Kier alpha value is -1.37. The van der Waals surface area contributed by atoms with E-state index in [9.17, 15) is 0 Å². The van der Waals surface area contributed by atoms with Gasteiger partial charge in [-0.3, -0.25) is 0 Å². The average Bonchev–Trinajstić information content (AvgIpc) is 2.91. The van der Waals surface area contributed by atoms with Gasteiger partial charge < -0.3 is 19.0 Å². The summed E-state index contributed by atoms with van der Waals surface area (Å²) in [6.45, 7) is 4.86. The van der Waals surface area contributed by atoms with E-state index in [-0.39, 0.29) is 18.3 Å². The van der Waals surface area contributed by atoms with E-state index in [1.165, 1.54) is 0 Å². The quantitative estimate of drug-likeness (QED) is 0.906. The normalized spacial score (nSPS) is 19.7. The van der Waals surface area contributed by atoms with E-state index in [1.807, 2.05) is 13.0 Å². The molecule has 1 saturated heterocycles. The van der Waals surface area contributed by atoms with E-state index >= 15 is 0 Å². The Kier molecular flexibility index (Phi) is 4.57. The molecule has 3 rings (SSSR count). The van der Waals surface area contributed by atoms with E-state index in [2.05, 4.69) is 15.5 Å². The minimum atomic E-state index is 0. The molecule has 1 unspecified atom stereocenters. The lowest BCUT2D eigenvalue weighted by atomic mass is 10.1. The zero-order valence-electron chi connectivity index (χ0n) is 10.6. The van der Waals surface area contributed by atoms with Gasteiger partial charge in [-0.25, -0.2) is 0 Å². The van der Waals surface area contributed by atoms with Crippen molar-refractivity contribution in [1.29, 1.82) is 0 Å². The van der Waals surface area contributed by atoms with Crippen molar-refractivity contribution in [3.8, 4) is 11.4 Å². The van der Waals surface area contributed by atoms with Crippen molar-refractivity contribution in [2.75, 3.05) is 26.3 Å². The second-order valence-corrected chi connectivity index (χ2v) is 4.32. The summed E-state index contributed by atoms with van der Waals surface area (Å²) in [7, 11) is 0. The maximum Gasteiger partial charge on any atom is 0.233 e. The molecule has 0 spiro atoms. The number of nitrogens with one attached hydrogen (secondary N) is 1. The molecule has 6 nitrogen and oxygen atoms in total. The molecule has 2 aromatic heterocycles. The van der Waals surface area contributed by atoms with Gasteiger partial charge in [-0.2, -0.15) is 4.98 Å². The Labute approximate surface area is 116 Å². The molecule has 0 bridgehead atoms. The van der Waals surface area contributed by atoms with Crippen LogP contribution >= 0.6 is 12.4 Å². The second kappa shape index (κ2) is 6.18. The number of nitrogens with zero attached hydrogens (tertiary/aromatic N) is 2. The fraction of sp³-hybridized carbons (Fsp3) is 0.500. The molecule has 1 aliphatic heterocycles. The second-order valence-electron chi connectivity index (χ2n) is 4.32. The first-order valence-corrected chi connectivity index (χ1v) is 6.01. The van der Waals surface area contributed by atoms with Crippen LogP contribution in [0.1, 0.15) is 17.6 Å². The molecule has 3 heterocycles. The van der Waals surface area contributed by atoms with Gasteiger partial charge in [-0.1, -0.05) is 5.16 Å². The Morgan fingerprint density at radius 3 is 3.11 bits per heavy atom. The highest BCUT2D eigenvalue weighted by Crippen LogP contribution is 2.23. The van der Waals surface area contributed by atoms with Gasteiger partial charge in [0.15, 0.2) is 0 Å². The highest BCUT2D eigenvalue weighted by atomic mass is 35.5. The first-order valence-electron chi connectivity index (χ1n) is 6.01. The van der Waals surface area contributed by atoms with Crippen molar-refractivity contribution < 1.29 is 13.7 Å². The van der Waals surface area contributed by atoms with Crippen LogP contribution in [-0.4, -0.2) is 36.4 Å². The van der Waals surface area contributed by atoms with Gasteiger partial charge in [0.2, 0.25) is 11.7 Å². The minimum absolute atomic E-state index is 0. The average molecular weight is 286 g/mol. The van der Waals surface area contributed by atoms with Crippen LogP contribution in [0.4, 0.5) is 0 Å². The van der Waals surface area contributed by atoms with Crippen molar-refractivity contribution in [1.82, 2.24) is 15.5 Å². The van der Waals surface area contributed by atoms with Crippen molar-refractivity contribution in [3.05, 3.63) is 24.0 Å². The molecule has 1 atom stereocenters. The third-order valence-electron chi connectivity index (χ3n) is 3.02. The standard InChI is InChI=1S/C12H15N3O3.ClH/c1-8-10(2-4-17-8)11-14-12(18-15-11)9-6-13-3-5-16-7-9;/h2,4,9,13H,3,5-7H2,1H3;1H. The molecule has 7 heteroatoms. The number of rotatable bonds is 2. The van der Waals surface area contributed by atoms with Gasteiger partial charge in [-0.05, 0) is 13.0 Å². The fourth-order valence-corrected chi connectivity index (χ4v) is 1.99. The number of furan rings is 1. The monoisotopic (exact) mass is 285 g/mol. The van der Waals surface area contributed by atoms with Crippen molar-refractivity contribution in [2.24, 2.45) is 0 Å². The summed E-state index contributed by atoms with van der Waals surface area (Å²) < 4.78 is 16.0. The first-order chi connectivity index (χ1) is 8.84. The van der Waals surface area contributed by atoms with E-state index in [1.54, 1.807) is 6.26 Å². The van der Waals surface area contributed by atoms with Crippen LogP contribution < -0.4 is 5.32 Å². The maximum absolute atomic E-state index is 5.48. The summed E-state index contributed by atoms with van der Waals surface area (Å²) >= 11 is 0. The lowest BCUT2D eigenvalue weighted by Crippen LogP contribution is -2.21. The van der Waals surface area contributed by atoms with Crippen LogP contribution in [0.3, 0.4) is 0 Å². The molecule has 0 saturated carbocycles. The van der Waals surface area contributed by atoms with Gasteiger partial charge in [0.25, 0.3) is 0 Å². The third kappa shape index (κ3) is 2.97. The van der Waals surface area contributed by atoms with Gasteiger partial charge in [-0.15, -0.1) is 12.4 Å². The molecular formula is C12H16ClN3O3. The minimum Gasteiger partial charge on any atom is -0.469 e. The molecule has 0 radical (unpaired) electrons. The van der Waals surface area contributed by atoms with Crippen molar-refractivity contribution in [3.63, 3.8) is 0 Å². The summed E-state index contributed by atoms with van der Waals surface area (Å²) in [6.07, 6.45) is 1.62. The maximum atomic E-state index is 5.48. The fourth-order valence-electron chi connectivity index (χ4n) is 1.99. The first kappa shape index (κ1) is 14.0. The zero-order valence-corrected chi connectivity index (χ0v) is 11.4. The molecular weight excluding hydrogens is 270 g/mol. The van der Waals surface area contributed by atoms with Crippen LogP contribution in [0, 0.1) is 6.92 Å². The summed E-state index contributed by atoms with van der Waals surface area (Å²) in [5.41, 5.74) is 0.868. The Morgan fingerprint density at radius 1 is 1.42 bits per heavy atom. The smallest absolute Gasteiger partial charge is 0.233 e. The number of ether oxygens (including phenoxy) is 1. The topological polar surface area (TPSA) is 73.3 Å². The highest BCUT2D eigenvalue weighted by Gasteiger charge is 2.22. The zero-order chi connectivity index (χ0) is 12.4. The number of hydrogen-bond acceptors (Lipinski definition) is 6. The molecule has 0 amide bonds. The Morgan fingerprint density at radius 2 is 2.32 bits per heavy atom. The number of halogens is 1. The molecule has 1 N–H and O–H groups in total. The predicted octanol–water partition coefficient (Wildman–Crippen LogP) is 1.76. The number of aromatic nitrogens is 2. The molecule has 0 aromatic carbocycles. The SMILES string of the molecule is Cc1occc1-c1noc(C2CNCCOC2)n1.Cl. The molecule has 2 aromatic rings. The number of hydrogen-bond donors (Lipinski definition) is 1. The summed E-state index contributed by atoms with van der Waals surface area (Å²) in [5, 5.41) is 7.28. The molecule has 104 valence electrons. The highest BCUT2D eigenvalue weighted by molar-refractivity contribution is 5.85. The van der Waals surface area contributed by atoms with Crippen molar-refractivity contribution in [2.45, 2.75) is 12.8 Å². The summed E-state index contributed by atoms with van der Waals surface area (Å²) in [6, 6.07) is 1.84. The van der Waals surface area contributed by atoms with Crippen LogP contribution in [0.2, 0.25) is 0 Å². The van der Waals surface area contributed by atoms with Gasteiger partial charge in [0, 0.05) is 13.1 Å². The molecule has 1 fully saturated rings. The summed E-state index contributed by atoms with van der Waals surface area (Å²) in [5.74, 6) is 2.08. The van der Waals surface area contributed by atoms with Crippen LogP contribution in [-0.2, 0) is 4.74 Å². The van der Waals surface area contributed by atoms with Crippen LogP contribution in [0.5, 0.6) is 0 Å².